The van der Waals surface area contributed by atoms with Crippen molar-refractivity contribution in [2.24, 2.45) is 0 Å². The van der Waals surface area contributed by atoms with Crippen LogP contribution in [-0.2, 0) is 6.54 Å². The van der Waals surface area contributed by atoms with Crippen molar-refractivity contribution in [3.63, 3.8) is 0 Å². The molecular weight excluding hydrogens is 362 g/mol. The summed E-state index contributed by atoms with van der Waals surface area (Å²) >= 11 is 0. The van der Waals surface area contributed by atoms with Gasteiger partial charge in [-0.15, -0.1) is 0 Å². The Labute approximate surface area is 169 Å². The highest BCUT2D eigenvalue weighted by Gasteiger charge is 2.14. The predicted octanol–water partition coefficient (Wildman–Crippen LogP) is 4.63. The van der Waals surface area contributed by atoms with Gasteiger partial charge in [0.05, 0.1) is 23.4 Å². The van der Waals surface area contributed by atoms with Gasteiger partial charge in [-0.05, 0) is 37.3 Å². The molecule has 144 valence electrons. The quantitative estimate of drug-likeness (QED) is 0.527. The number of nitrogens with one attached hydrogen (secondary N) is 1. The molecule has 0 aliphatic rings. The van der Waals surface area contributed by atoms with E-state index in [9.17, 15) is 4.79 Å². The summed E-state index contributed by atoms with van der Waals surface area (Å²) in [5.74, 6) is 0.631. The van der Waals surface area contributed by atoms with Gasteiger partial charge >= 0.3 is 0 Å². The third kappa shape index (κ3) is 4.09. The molecule has 0 unspecified atom stereocenters. The Morgan fingerprint density at radius 1 is 1.03 bits per heavy atom. The van der Waals surface area contributed by atoms with Crippen molar-refractivity contribution in [3.8, 4) is 17.0 Å². The lowest BCUT2D eigenvalue weighted by atomic mass is 10.0. The van der Waals surface area contributed by atoms with Gasteiger partial charge in [0.25, 0.3) is 5.91 Å². The largest absolute Gasteiger partial charge is 0.494 e. The second-order valence-electron chi connectivity index (χ2n) is 6.54. The first-order chi connectivity index (χ1) is 14.3. The number of pyridine rings is 2. The van der Waals surface area contributed by atoms with Crippen molar-refractivity contribution in [2.75, 3.05) is 6.61 Å². The van der Waals surface area contributed by atoms with Crippen molar-refractivity contribution in [1.82, 2.24) is 15.3 Å². The molecule has 0 aliphatic heterocycles. The molecule has 0 bridgehead atoms. The molecule has 0 saturated carbocycles. The lowest BCUT2D eigenvalue weighted by Gasteiger charge is -2.13. The van der Waals surface area contributed by atoms with Crippen LogP contribution in [0.2, 0.25) is 0 Å². The summed E-state index contributed by atoms with van der Waals surface area (Å²) in [5.41, 5.74) is 3.89. The number of ether oxygens (including phenoxy) is 1. The number of carbonyl (C=O) groups excluding carboxylic acids is 1. The van der Waals surface area contributed by atoms with Gasteiger partial charge in [-0.25, -0.2) is 4.98 Å². The van der Waals surface area contributed by atoms with E-state index in [1.807, 2.05) is 73.7 Å². The summed E-state index contributed by atoms with van der Waals surface area (Å²) in [5, 5.41) is 3.84. The second-order valence-corrected chi connectivity index (χ2v) is 6.54. The third-order valence-electron chi connectivity index (χ3n) is 4.63. The Bertz CT molecular complexity index is 1140. The van der Waals surface area contributed by atoms with Gasteiger partial charge < -0.3 is 10.1 Å². The molecule has 0 aliphatic carbocycles. The molecule has 1 N–H and O–H groups in total. The van der Waals surface area contributed by atoms with Gasteiger partial charge in [-0.1, -0.05) is 36.4 Å². The average molecular weight is 383 g/mol. The van der Waals surface area contributed by atoms with Crippen LogP contribution in [0.4, 0.5) is 0 Å². The maximum Gasteiger partial charge on any atom is 0.252 e. The molecule has 0 fully saturated rings. The number of carbonyl (C=O) groups is 1. The Morgan fingerprint density at radius 3 is 2.69 bits per heavy atom. The molecule has 1 amide bonds. The first-order valence-electron chi connectivity index (χ1n) is 9.55. The van der Waals surface area contributed by atoms with Gasteiger partial charge in [-0.2, -0.15) is 0 Å². The number of para-hydroxylation sites is 2. The minimum Gasteiger partial charge on any atom is -0.494 e. The molecule has 2 heterocycles. The molecule has 2 aromatic carbocycles. The van der Waals surface area contributed by atoms with Crippen LogP contribution in [0.1, 0.15) is 22.8 Å². The number of amides is 1. The smallest absolute Gasteiger partial charge is 0.252 e. The van der Waals surface area contributed by atoms with Crippen LogP contribution in [0.15, 0.2) is 79.1 Å². The molecule has 0 atom stereocenters. The maximum atomic E-state index is 13.1. The fourth-order valence-corrected chi connectivity index (χ4v) is 3.24. The molecule has 0 spiro atoms. The van der Waals surface area contributed by atoms with Crippen molar-refractivity contribution < 1.29 is 9.53 Å². The lowest BCUT2D eigenvalue weighted by molar-refractivity contribution is 0.0952. The summed E-state index contributed by atoms with van der Waals surface area (Å²) in [4.78, 5) is 22.0. The average Bonchev–Trinajstić information content (AvgIpc) is 2.78. The number of fused-ring (bicyclic) bond motifs is 1. The van der Waals surface area contributed by atoms with E-state index in [1.54, 1.807) is 12.4 Å². The van der Waals surface area contributed by atoms with Crippen LogP contribution in [0, 0.1) is 0 Å². The Balaban J connectivity index is 1.67. The molecule has 0 radical (unpaired) electrons. The van der Waals surface area contributed by atoms with Gasteiger partial charge in [0.2, 0.25) is 0 Å². The van der Waals surface area contributed by atoms with E-state index < -0.39 is 0 Å². The van der Waals surface area contributed by atoms with E-state index in [0.29, 0.717) is 18.7 Å². The fourth-order valence-electron chi connectivity index (χ4n) is 3.24. The van der Waals surface area contributed by atoms with Crippen molar-refractivity contribution in [1.29, 1.82) is 0 Å². The van der Waals surface area contributed by atoms with Gasteiger partial charge in [0, 0.05) is 35.5 Å². The van der Waals surface area contributed by atoms with Crippen molar-refractivity contribution in [3.05, 3.63) is 90.3 Å². The fraction of sp³-hybridized carbons (Fsp3) is 0.125. The summed E-state index contributed by atoms with van der Waals surface area (Å²) in [6.07, 6.45) is 3.46. The highest BCUT2D eigenvalue weighted by molar-refractivity contribution is 6.07. The molecule has 4 aromatic rings. The van der Waals surface area contributed by atoms with E-state index in [4.69, 9.17) is 9.72 Å². The SMILES string of the molecule is CCOc1ccccc1CNC(=O)c1cc(-c2cccnc2)nc2ccccc12. The minimum absolute atomic E-state index is 0.153. The summed E-state index contributed by atoms with van der Waals surface area (Å²) in [7, 11) is 0. The zero-order chi connectivity index (χ0) is 20.1. The zero-order valence-corrected chi connectivity index (χ0v) is 16.1. The molecule has 2 aromatic heterocycles. The highest BCUT2D eigenvalue weighted by atomic mass is 16.5. The summed E-state index contributed by atoms with van der Waals surface area (Å²) in [6.45, 7) is 2.90. The highest BCUT2D eigenvalue weighted by Crippen LogP contribution is 2.25. The standard InChI is InChI=1S/C24H21N3O2/c1-2-29-23-12-6-3-8-18(23)16-26-24(28)20-14-22(17-9-7-13-25-15-17)27-21-11-5-4-10-19(20)21/h3-15H,2,16H2,1H3,(H,26,28). The van der Waals surface area contributed by atoms with E-state index >= 15 is 0 Å². The van der Waals surface area contributed by atoms with E-state index in [-0.39, 0.29) is 5.91 Å². The molecule has 5 nitrogen and oxygen atoms in total. The van der Waals surface area contributed by atoms with Gasteiger partial charge in [-0.3, -0.25) is 9.78 Å². The molecule has 29 heavy (non-hydrogen) atoms. The first-order valence-corrected chi connectivity index (χ1v) is 9.55. The van der Waals surface area contributed by atoms with Crippen LogP contribution >= 0.6 is 0 Å². The Morgan fingerprint density at radius 2 is 1.86 bits per heavy atom. The van der Waals surface area contributed by atoms with Crippen LogP contribution in [-0.4, -0.2) is 22.5 Å². The van der Waals surface area contributed by atoms with Crippen molar-refractivity contribution in [2.45, 2.75) is 13.5 Å². The van der Waals surface area contributed by atoms with E-state index in [2.05, 4.69) is 10.3 Å². The number of benzene rings is 2. The normalized spacial score (nSPS) is 10.7. The predicted molar refractivity (Wildman–Crippen MR) is 114 cm³/mol. The first kappa shape index (κ1) is 18.6. The number of aromatic nitrogens is 2. The summed E-state index contributed by atoms with van der Waals surface area (Å²) < 4.78 is 5.65. The van der Waals surface area contributed by atoms with Crippen LogP contribution in [0.25, 0.3) is 22.2 Å². The van der Waals surface area contributed by atoms with Gasteiger partial charge in [0.15, 0.2) is 0 Å². The summed E-state index contributed by atoms with van der Waals surface area (Å²) in [6, 6.07) is 21.0. The van der Waals surface area contributed by atoms with Crippen molar-refractivity contribution >= 4 is 16.8 Å². The van der Waals surface area contributed by atoms with Crippen LogP contribution in [0.5, 0.6) is 5.75 Å². The van der Waals surface area contributed by atoms with Crippen LogP contribution < -0.4 is 10.1 Å². The number of hydrogen-bond acceptors (Lipinski definition) is 4. The molecular formula is C24H21N3O2. The second kappa shape index (κ2) is 8.52. The Kier molecular flexibility index (Phi) is 5.47. The number of hydrogen-bond donors (Lipinski definition) is 1. The third-order valence-corrected chi connectivity index (χ3v) is 4.63. The topological polar surface area (TPSA) is 64.1 Å². The Hall–Kier alpha value is -3.73. The molecule has 0 saturated heterocycles. The zero-order valence-electron chi connectivity index (χ0n) is 16.1. The number of nitrogens with zero attached hydrogens (tertiary/aromatic N) is 2. The number of rotatable bonds is 6. The lowest BCUT2D eigenvalue weighted by Crippen LogP contribution is -2.23. The van der Waals surface area contributed by atoms with E-state index in [0.717, 1.165) is 33.5 Å². The van der Waals surface area contributed by atoms with Gasteiger partial charge in [0.1, 0.15) is 5.75 Å². The monoisotopic (exact) mass is 383 g/mol. The minimum atomic E-state index is -0.153. The molecule has 4 rings (SSSR count). The van der Waals surface area contributed by atoms with Crippen LogP contribution in [0.3, 0.4) is 0 Å². The molecule has 5 heteroatoms. The maximum absolute atomic E-state index is 13.1. The van der Waals surface area contributed by atoms with E-state index in [1.165, 1.54) is 0 Å².